The van der Waals surface area contributed by atoms with Gasteiger partial charge in [0.2, 0.25) is 0 Å². The van der Waals surface area contributed by atoms with E-state index in [0.717, 1.165) is 47.0 Å². The zero-order chi connectivity index (χ0) is 24.4. The Balaban J connectivity index is 1.37. The van der Waals surface area contributed by atoms with Gasteiger partial charge in [0.1, 0.15) is 11.6 Å². The van der Waals surface area contributed by atoms with Crippen LogP contribution in [-0.4, -0.2) is 29.5 Å². The largest absolute Gasteiger partial charge is 0.373 e. The molecular weight excluding hydrogens is 481 g/mol. The molecule has 1 aliphatic heterocycles. The summed E-state index contributed by atoms with van der Waals surface area (Å²) in [6.45, 7) is 1.10. The van der Waals surface area contributed by atoms with Crippen LogP contribution < -0.4 is 15.5 Å². The van der Waals surface area contributed by atoms with Gasteiger partial charge < -0.3 is 15.5 Å². The number of nitrogens with one attached hydrogen (secondary N) is 2. The Morgan fingerprint density at radius 2 is 1.83 bits per heavy atom. The Labute approximate surface area is 213 Å². The van der Waals surface area contributed by atoms with E-state index in [1.807, 2.05) is 67.7 Å². The van der Waals surface area contributed by atoms with E-state index in [0.29, 0.717) is 28.0 Å². The monoisotopic (exact) mass is 503 g/mol. The van der Waals surface area contributed by atoms with E-state index in [-0.39, 0.29) is 5.91 Å². The maximum Gasteiger partial charge on any atom is 0.251 e. The minimum atomic E-state index is -0.150. The summed E-state index contributed by atoms with van der Waals surface area (Å²) in [4.78, 5) is 24.4. The maximum absolute atomic E-state index is 12.8. The Hall–Kier alpha value is -3.61. The summed E-state index contributed by atoms with van der Waals surface area (Å²) >= 11 is 12.2. The first-order valence-corrected chi connectivity index (χ1v) is 12.0. The van der Waals surface area contributed by atoms with Crippen LogP contribution in [0.5, 0.6) is 0 Å². The fraction of sp³-hybridized carbons (Fsp3) is 0.148. The minimum Gasteiger partial charge on any atom is -0.373 e. The lowest BCUT2D eigenvalue weighted by atomic mass is 10.1. The summed E-state index contributed by atoms with van der Waals surface area (Å²) in [5, 5.41) is 7.17. The van der Waals surface area contributed by atoms with Crippen LogP contribution in [0.4, 0.5) is 17.3 Å². The summed E-state index contributed by atoms with van der Waals surface area (Å²) in [6.07, 6.45) is 0.818. The predicted octanol–water partition coefficient (Wildman–Crippen LogP) is 6.12. The van der Waals surface area contributed by atoms with Crippen molar-refractivity contribution in [2.45, 2.75) is 13.0 Å². The molecule has 35 heavy (non-hydrogen) atoms. The molecule has 0 fully saturated rings. The quantitative estimate of drug-likeness (QED) is 0.331. The van der Waals surface area contributed by atoms with Crippen LogP contribution in [0.2, 0.25) is 10.0 Å². The van der Waals surface area contributed by atoms with Gasteiger partial charge in [-0.15, -0.1) is 0 Å². The van der Waals surface area contributed by atoms with Crippen molar-refractivity contribution >= 4 is 46.4 Å². The molecule has 3 aromatic carbocycles. The van der Waals surface area contributed by atoms with Gasteiger partial charge in [0.05, 0.1) is 0 Å². The Morgan fingerprint density at radius 3 is 2.60 bits per heavy atom. The highest BCUT2D eigenvalue weighted by atomic mass is 35.5. The molecular formula is C27H23Cl2N5O. The van der Waals surface area contributed by atoms with E-state index in [4.69, 9.17) is 28.2 Å². The fourth-order valence-corrected chi connectivity index (χ4v) is 4.62. The van der Waals surface area contributed by atoms with Gasteiger partial charge in [-0.05, 0) is 47.9 Å². The van der Waals surface area contributed by atoms with Gasteiger partial charge >= 0.3 is 0 Å². The van der Waals surface area contributed by atoms with Gasteiger partial charge in [0, 0.05) is 53.1 Å². The average molecular weight is 504 g/mol. The van der Waals surface area contributed by atoms with Crippen molar-refractivity contribution in [1.29, 1.82) is 0 Å². The third-order valence-corrected chi connectivity index (χ3v) is 6.56. The normalized spacial score (nSPS) is 12.4. The van der Waals surface area contributed by atoms with Crippen molar-refractivity contribution in [3.05, 3.63) is 99.5 Å². The fourth-order valence-electron chi connectivity index (χ4n) is 4.14. The SMILES string of the molecule is CNc1cc(N2CCc3cc(C(=O)NCc4ccc(Cl)cc4Cl)ccc32)nc(-c2ccccc2)n1. The molecule has 0 saturated heterocycles. The van der Waals surface area contributed by atoms with Crippen LogP contribution >= 0.6 is 23.2 Å². The number of carbonyl (C=O) groups is 1. The van der Waals surface area contributed by atoms with Crippen molar-refractivity contribution in [2.24, 2.45) is 0 Å². The molecule has 176 valence electrons. The first-order valence-electron chi connectivity index (χ1n) is 11.3. The van der Waals surface area contributed by atoms with E-state index in [2.05, 4.69) is 20.5 Å². The molecule has 0 spiro atoms. The van der Waals surface area contributed by atoms with Crippen molar-refractivity contribution in [1.82, 2.24) is 15.3 Å². The summed E-state index contributed by atoms with van der Waals surface area (Å²) < 4.78 is 0. The molecule has 2 N–H and O–H groups in total. The molecule has 0 aliphatic carbocycles. The van der Waals surface area contributed by atoms with E-state index in [9.17, 15) is 4.79 Å². The minimum absolute atomic E-state index is 0.150. The van der Waals surface area contributed by atoms with E-state index in [1.54, 1.807) is 12.1 Å². The molecule has 1 amide bonds. The molecule has 1 aromatic heterocycles. The Bertz CT molecular complexity index is 1390. The molecule has 5 rings (SSSR count). The van der Waals surface area contributed by atoms with Crippen LogP contribution in [0.1, 0.15) is 21.5 Å². The molecule has 0 bridgehead atoms. The number of hydrogen-bond donors (Lipinski definition) is 2. The predicted molar refractivity (Wildman–Crippen MR) is 142 cm³/mol. The standard InChI is InChI=1S/C27H23Cl2N5O/c1-30-24-15-25(33-26(32-24)17-5-3-2-4-6-17)34-12-11-18-13-19(8-10-23(18)34)27(35)31-16-20-7-9-21(28)14-22(20)29/h2-10,13-15H,11-12,16H2,1H3,(H,31,35)(H,30,32,33). The number of hydrogen-bond acceptors (Lipinski definition) is 5. The van der Waals surface area contributed by atoms with Crippen LogP contribution in [-0.2, 0) is 13.0 Å². The first-order chi connectivity index (χ1) is 17.0. The van der Waals surface area contributed by atoms with Gasteiger partial charge in [0.25, 0.3) is 5.91 Å². The summed E-state index contributed by atoms with van der Waals surface area (Å²) in [7, 11) is 1.85. The summed E-state index contributed by atoms with van der Waals surface area (Å²) in [5.74, 6) is 2.08. The molecule has 0 unspecified atom stereocenters. The lowest BCUT2D eigenvalue weighted by Crippen LogP contribution is -2.23. The molecule has 2 heterocycles. The second kappa shape index (κ2) is 9.94. The van der Waals surface area contributed by atoms with Crippen LogP contribution in [0, 0.1) is 0 Å². The topological polar surface area (TPSA) is 70.2 Å². The van der Waals surface area contributed by atoms with Crippen molar-refractivity contribution in [2.75, 3.05) is 23.8 Å². The Morgan fingerprint density at radius 1 is 1.00 bits per heavy atom. The highest BCUT2D eigenvalue weighted by molar-refractivity contribution is 6.35. The summed E-state index contributed by atoms with van der Waals surface area (Å²) in [5.41, 5.74) is 4.53. The molecule has 8 heteroatoms. The number of fused-ring (bicyclic) bond motifs is 1. The highest BCUT2D eigenvalue weighted by Crippen LogP contribution is 2.35. The van der Waals surface area contributed by atoms with Crippen LogP contribution in [0.25, 0.3) is 11.4 Å². The first kappa shape index (κ1) is 23.1. The van der Waals surface area contributed by atoms with Gasteiger partial charge in [-0.1, -0.05) is 59.6 Å². The number of amides is 1. The van der Waals surface area contributed by atoms with Gasteiger partial charge in [-0.3, -0.25) is 4.79 Å². The molecule has 1 aliphatic rings. The van der Waals surface area contributed by atoms with Crippen LogP contribution in [0.3, 0.4) is 0 Å². The number of rotatable bonds is 6. The molecule has 0 saturated carbocycles. The number of benzene rings is 3. The lowest BCUT2D eigenvalue weighted by molar-refractivity contribution is 0.0951. The third kappa shape index (κ3) is 4.94. The number of aromatic nitrogens is 2. The van der Waals surface area contributed by atoms with Gasteiger partial charge in [-0.25, -0.2) is 9.97 Å². The molecule has 6 nitrogen and oxygen atoms in total. The second-order valence-corrected chi connectivity index (χ2v) is 9.06. The average Bonchev–Trinajstić information content (AvgIpc) is 3.31. The number of nitrogens with zero attached hydrogens (tertiary/aromatic N) is 3. The number of carbonyl (C=O) groups excluding carboxylic acids is 1. The maximum atomic E-state index is 12.8. The Kier molecular flexibility index (Phi) is 6.57. The van der Waals surface area contributed by atoms with E-state index >= 15 is 0 Å². The number of anilines is 3. The highest BCUT2D eigenvalue weighted by Gasteiger charge is 2.24. The molecule has 0 radical (unpaired) electrons. The van der Waals surface area contributed by atoms with Crippen molar-refractivity contribution < 1.29 is 4.79 Å². The van der Waals surface area contributed by atoms with E-state index in [1.165, 1.54) is 0 Å². The lowest BCUT2D eigenvalue weighted by Gasteiger charge is -2.20. The molecule has 0 atom stereocenters. The zero-order valence-electron chi connectivity index (χ0n) is 19.1. The summed E-state index contributed by atoms with van der Waals surface area (Å²) in [6, 6.07) is 22.9. The van der Waals surface area contributed by atoms with Crippen molar-refractivity contribution in [3.8, 4) is 11.4 Å². The second-order valence-electron chi connectivity index (χ2n) is 8.21. The van der Waals surface area contributed by atoms with E-state index < -0.39 is 0 Å². The molecule has 4 aromatic rings. The van der Waals surface area contributed by atoms with Crippen LogP contribution in [0.15, 0.2) is 72.8 Å². The van der Waals surface area contributed by atoms with Gasteiger partial charge in [-0.2, -0.15) is 0 Å². The smallest absolute Gasteiger partial charge is 0.251 e. The zero-order valence-corrected chi connectivity index (χ0v) is 20.6. The number of halogens is 2. The van der Waals surface area contributed by atoms with Gasteiger partial charge in [0.15, 0.2) is 5.82 Å². The third-order valence-electron chi connectivity index (χ3n) is 5.97. The van der Waals surface area contributed by atoms with Crippen molar-refractivity contribution in [3.63, 3.8) is 0 Å².